The van der Waals surface area contributed by atoms with E-state index in [2.05, 4.69) is 0 Å². The lowest BCUT2D eigenvalue weighted by molar-refractivity contribution is -0.138. The number of benzene rings is 3. The average molecular weight is 473 g/mol. The third-order valence-corrected chi connectivity index (χ3v) is 4.84. The highest BCUT2D eigenvalue weighted by atomic mass is 16.6. The van der Waals surface area contributed by atoms with Crippen molar-refractivity contribution in [3.8, 4) is 28.9 Å². The van der Waals surface area contributed by atoms with Gasteiger partial charge in [0.05, 0.1) is 12.7 Å². The number of carbonyl (C=O) groups is 2. The highest BCUT2D eigenvalue weighted by molar-refractivity contribution is 5.96. The average Bonchev–Trinajstić information content (AvgIpc) is 2.87. The summed E-state index contributed by atoms with van der Waals surface area (Å²) in [6.45, 7) is -0.262. The van der Waals surface area contributed by atoms with Crippen molar-refractivity contribution in [3.63, 3.8) is 0 Å². The molecule has 0 atom stereocenters. The molecule has 3 rings (SSSR count). The van der Waals surface area contributed by atoms with Gasteiger partial charge in [-0.1, -0.05) is 24.3 Å². The molecule has 0 aliphatic carbocycles. The zero-order chi connectivity index (χ0) is 25.2. The van der Waals surface area contributed by atoms with Crippen LogP contribution in [0.2, 0.25) is 0 Å². The summed E-state index contributed by atoms with van der Waals surface area (Å²) in [7, 11) is 1.53. The van der Waals surface area contributed by atoms with Crippen LogP contribution in [0.25, 0.3) is 17.2 Å². The van der Waals surface area contributed by atoms with Gasteiger partial charge in [-0.3, -0.25) is 0 Å². The Labute approximate surface area is 202 Å². The van der Waals surface area contributed by atoms with Crippen LogP contribution in [0.5, 0.6) is 11.5 Å². The van der Waals surface area contributed by atoms with E-state index in [4.69, 9.17) is 35.7 Å². The number of ether oxygens (including phenoxy) is 4. The molecule has 3 aromatic carbocycles. The molecular formula is C26H23N3O6. The fourth-order valence-corrected chi connectivity index (χ4v) is 3.11. The van der Waals surface area contributed by atoms with Crippen LogP contribution in [0.1, 0.15) is 15.9 Å². The Morgan fingerprint density at radius 2 is 1.66 bits per heavy atom. The second kappa shape index (κ2) is 11.8. The van der Waals surface area contributed by atoms with Gasteiger partial charge in [0.1, 0.15) is 24.7 Å². The summed E-state index contributed by atoms with van der Waals surface area (Å²) in [5.41, 5.74) is 14.6. The van der Waals surface area contributed by atoms with Crippen molar-refractivity contribution >= 4 is 29.4 Å². The largest absolute Gasteiger partial charge is 0.496 e. The number of rotatable bonds is 9. The normalized spacial score (nSPS) is 10.4. The van der Waals surface area contributed by atoms with Gasteiger partial charge in [0, 0.05) is 23.0 Å². The molecule has 0 radical (unpaired) electrons. The van der Waals surface area contributed by atoms with Gasteiger partial charge in [-0.15, -0.1) is 5.26 Å². The summed E-state index contributed by atoms with van der Waals surface area (Å²) in [6.07, 6.45) is 4.44. The number of nitrogens with two attached hydrogens (primary N) is 2. The topological polar surface area (TPSA) is 147 Å². The first-order valence-corrected chi connectivity index (χ1v) is 10.4. The molecule has 0 amide bonds. The second-order valence-electron chi connectivity index (χ2n) is 7.16. The molecule has 178 valence electrons. The van der Waals surface area contributed by atoms with E-state index >= 15 is 0 Å². The van der Waals surface area contributed by atoms with Crippen LogP contribution in [0.4, 0.5) is 11.4 Å². The number of carbonyl (C=O) groups excluding carboxylic acids is 2. The summed E-state index contributed by atoms with van der Waals surface area (Å²) in [5.74, 6) is -0.260. The molecule has 0 saturated heterocycles. The lowest BCUT2D eigenvalue weighted by atomic mass is 10.0. The molecule has 0 fully saturated rings. The first-order chi connectivity index (χ1) is 16.9. The van der Waals surface area contributed by atoms with Crippen molar-refractivity contribution in [1.29, 1.82) is 5.26 Å². The standard InChI is InChI=1S/C26H23N3O6/c1-32-24-14-19(17-4-8-21(9-5-17)35-16-27)3-2-18(24)6-11-25(30)33-12-13-34-26(31)22-15-20(28)7-10-23(22)29/h2-11,14-15H,12-13,28-29H2,1H3/b11-6+. The molecule has 4 N–H and O–H groups in total. The Kier molecular flexibility index (Phi) is 8.29. The van der Waals surface area contributed by atoms with Crippen LogP contribution < -0.4 is 20.9 Å². The summed E-state index contributed by atoms with van der Waals surface area (Å²) >= 11 is 0. The van der Waals surface area contributed by atoms with Crippen molar-refractivity contribution < 1.29 is 28.5 Å². The minimum absolute atomic E-state index is 0.126. The molecular weight excluding hydrogens is 450 g/mol. The highest BCUT2D eigenvalue weighted by Crippen LogP contribution is 2.29. The van der Waals surface area contributed by atoms with Gasteiger partial charge in [0.15, 0.2) is 0 Å². The maximum atomic E-state index is 12.1. The van der Waals surface area contributed by atoms with Crippen LogP contribution in [0.15, 0.2) is 66.7 Å². The summed E-state index contributed by atoms with van der Waals surface area (Å²) in [5, 5.41) is 8.58. The Hall–Kier alpha value is -4.97. The number of nitriles is 1. The molecule has 0 aliphatic rings. The quantitative estimate of drug-likeness (QED) is 0.156. The predicted molar refractivity (Wildman–Crippen MR) is 130 cm³/mol. The zero-order valence-corrected chi connectivity index (χ0v) is 18.9. The summed E-state index contributed by atoms with van der Waals surface area (Å²) in [4.78, 5) is 24.1. The monoisotopic (exact) mass is 473 g/mol. The van der Waals surface area contributed by atoms with E-state index in [1.54, 1.807) is 36.6 Å². The van der Waals surface area contributed by atoms with E-state index in [0.717, 1.165) is 11.1 Å². The molecule has 0 spiro atoms. The van der Waals surface area contributed by atoms with Gasteiger partial charge in [0.25, 0.3) is 6.26 Å². The molecule has 0 bridgehead atoms. The first kappa shape index (κ1) is 24.7. The molecule has 0 aromatic heterocycles. The lowest BCUT2D eigenvalue weighted by Gasteiger charge is -2.09. The van der Waals surface area contributed by atoms with E-state index in [1.165, 1.54) is 25.3 Å². The van der Waals surface area contributed by atoms with E-state index < -0.39 is 11.9 Å². The molecule has 9 heteroatoms. The summed E-state index contributed by atoms with van der Waals surface area (Å²) < 4.78 is 20.4. The van der Waals surface area contributed by atoms with Crippen LogP contribution in [0.3, 0.4) is 0 Å². The number of anilines is 2. The molecule has 3 aromatic rings. The van der Waals surface area contributed by atoms with Crippen LogP contribution in [0, 0.1) is 11.5 Å². The van der Waals surface area contributed by atoms with E-state index in [-0.39, 0.29) is 24.5 Å². The smallest absolute Gasteiger partial charge is 0.340 e. The molecule has 35 heavy (non-hydrogen) atoms. The second-order valence-corrected chi connectivity index (χ2v) is 7.16. The Morgan fingerprint density at radius 3 is 2.37 bits per heavy atom. The zero-order valence-electron chi connectivity index (χ0n) is 18.9. The predicted octanol–water partition coefficient (Wildman–Crippen LogP) is 3.80. The fourth-order valence-electron chi connectivity index (χ4n) is 3.11. The number of methoxy groups -OCH3 is 1. The van der Waals surface area contributed by atoms with Gasteiger partial charge in [-0.25, -0.2) is 9.59 Å². The van der Waals surface area contributed by atoms with Gasteiger partial charge in [-0.2, -0.15) is 0 Å². The molecule has 9 nitrogen and oxygen atoms in total. The minimum atomic E-state index is -0.654. The molecule has 0 heterocycles. The van der Waals surface area contributed by atoms with Crippen molar-refractivity contribution in [2.45, 2.75) is 0 Å². The maximum Gasteiger partial charge on any atom is 0.340 e. The maximum absolute atomic E-state index is 12.1. The van der Waals surface area contributed by atoms with Crippen LogP contribution in [-0.4, -0.2) is 32.3 Å². The first-order valence-electron chi connectivity index (χ1n) is 10.4. The molecule has 0 saturated carbocycles. The third kappa shape index (κ3) is 6.76. The Morgan fingerprint density at radius 1 is 0.943 bits per heavy atom. The van der Waals surface area contributed by atoms with Gasteiger partial charge in [0.2, 0.25) is 0 Å². The summed E-state index contributed by atoms with van der Waals surface area (Å²) in [6, 6.07) is 17.0. The number of hydrogen-bond donors (Lipinski definition) is 2. The number of nitrogens with zero attached hydrogens (tertiary/aromatic N) is 1. The van der Waals surface area contributed by atoms with Crippen molar-refractivity contribution in [2.75, 3.05) is 31.8 Å². The van der Waals surface area contributed by atoms with Crippen molar-refractivity contribution in [2.24, 2.45) is 0 Å². The SMILES string of the molecule is COc1cc(-c2ccc(OC#N)cc2)ccc1/C=C/C(=O)OCCOC(=O)c1cc(N)ccc1N. The number of nitrogen functional groups attached to an aromatic ring is 2. The number of esters is 2. The van der Waals surface area contributed by atoms with Crippen molar-refractivity contribution in [3.05, 3.63) is 77.9 Å². The van der Waals surface area contributed by atoms with E-state index in [1.807, 2.05) is 24.3 Å². The van der Waals surface area contributed by atoms with Crippen LogP contribution >= 0.6 is 0 Å². The van der Waals surface area contributed by atoms with Gasteiger partial charge >= 0.3 is 11.9 Å². The van der Waals surface area contributed by atoms with E-state index in [9.17, 15) is 9.59 Å². The number of hydrogen-bond acceptors (Lipinski definition) is 9. The van der Waals surface area contributed by atoms with E-state index in [0.29, 0.717) is 22.7 Å². The molecule has 0 unspecified atom stereocenters. The van der Waals surface area contributed by atoms with Crippen molar-refractivity contribution in [1.82, 2.24) is 0 Å². The highest BCUT2D eigenvalue weighted by Gasteiger charge is 2.12. The minimum Gasteiger partial charge on any atom is -0.496 e. The Bertz CT molecular complexity index is 1280. The van der Waals surface area contributed by atoms with Gasteiger partial charge in [-0.05, 0) is 53.6 Å². The Balaban J connectivity index is 1.54. The molecule has 0 aliphatic heterocycles. The lowest BCUT2D eigenvalue weighted by Crippen LogP contribution is -2.14. The third-order valence-electron chi connectivity index (χ3n) is 4.84. The van der Waals surface area contributed by atoms with Crippen LogP contribution in [-0.2, 0) is 14.3 Å². The fraction of sp³-hybridized carbons (Fsp3) is 0.115. The van der Waals surface area contributed by atoms with Gasteiger partial charge < -0.3 is 30.4 Å².